The Hall–Kier alpha value is -0.670. The lowest BCUT2D eigenvalue weighted by atomic mass is 10.1. The Morgan fingerprint density at radius 2 is 1.90 bits per heavy atom. The van der Waals surface area contributed by atoms with Crippen molar-refractivity contribution in [2.75, 3.05) is 30.3 Å². The van der Waals surface area contributed by atoms with Gasteiger partial charge in [0.05, 0.1) is 0 Å². The molecule has 1 atom stereocenters. The summed E-state index contributed by atoms with van der Waals surface area (Å²) >= 11 is 2.13. The Morgan fingerprint density at radius 3 is 2.55 bits per heavy atom. The molecule has 2 saturated heterocycles. The van der Waals surface area contributed by atoms with Gasteiger partial charge in [-0.15, -0.1) is 0 Å². The molecule has 0 amide bonds. The Kier molecular flexibility index (Phi) is 4.57. The van der Waals surface area contributed by atoms with E-state index in [0.29, 0.717) is 4.75 Å². The fourth-order valence-electron chi connectivity index (χ4n) is 3.25. The van der Waals surface area contributed by atoms with Crippen molar-refractivity contribution in [3.8, 4) is 0 Å². The van der Waals surface area contributed by atoms with E-state index in [2.05, 4.69) is 53.2 Å². The standard InChI is InChI=1S/C17H26N2S/c1-17(9-4-12-20-17)14-18-13-15-5-7-16(8-6-15)19-10-2-3-11-19/h5-8,18H,2-4,9-14H2,1H3. The average molecular weight is 290 g/mol. The monoisotopic (exact) mass is 290 g/mol. The van der Waals surface area contributed by atoms with Crippen LogP contribution < -0.4 is 10.2 Å². The highest BCUT2D eigenvalue weighted by Crippen LogP contribution is 2.37. The number of rotatable bonds is 5. The molecule has 0 aromatic heterocycles. The second-order valence-corrected chi connectivity index (χ2v) is 8.05. The number of hydrogen-bond donors (Lipinski definition) is 1. The smallest absolute Gasteiger partial charge is 0.0366 e. The van der Waals surface area contributed by atoms with Gasteiger partial charge in [-0.3, -0.25) is 0 Å². The molecule has 0 bridgehead atoms. The largest absolute Gasteiger partial charge is 0.372 e. The summed E-state index contributed by atoms with van der Waals surface area (Å²) in [7, 11) is 0. The summed E-state index contributed by atoms with van der Waals surface area (Å²) in [5.74, 6) is 1.34. The van der Waals surface area contributed by atoms with E-state index < -0.39 is 0 Å². The molecule has 1 aromatic rings. The summed E-state index contributed by atoms with van der Waals surface area (Å²) in [4.78, 5) is 2.49. The van der Waals surface area contributed by atoms with E-state index in [-0.39, 0.29) is 0 Å². The van der Waals surface area contributed by atoms with Crippen LogP contribution in [0.5, 0.6) is 0 Å². The van der Waals surface area contributed by atoms with Gasteiger partial charge in [-0.25, -0.2) is 0 Å². The third-order valence-electron chi connectivity index (χ3n) is 4.54. The van der Waals surface area contributed by atoms with Crippen LogP contribution >= 0.6 is 11.8 Å². The minimum absolute atomic E-state index is 0.468. The van der Waals surface area contributed by atoms with Gasteiger partial charge in [-0.1, -0.05) is 12.1 Å². The SMILES string of the molecule is CC1(CNCc2ccc(N3CCCC3)cc2)CCCS1. The maximum atomic E-state index is 3.64. The van der Waals surface area contributed by atoms with Gasteiger partial charge < -0.3 is 10.2 Å². The first-order valence-electron chi connectivity index (χ1n) is 7.94. The summed E-state index contributed by atoms with van der Waals surface area (Å²) in [5.41, 5.74) is 2.80. The molecule has 2 fully saturated rings. The van der Waals surface area contributed by atoms with E-state index in [1.165, 1.54) is 55.8 Å². The first kappa shape index (κ1) is 14.3. The van der Waals surface area contributed by atoms with Crippen LogP contribution in [-0.4, -0.2) is 30.1 Å². The predicted molar refractivity (Wildman–Crippen MR) is 89.7 cm³/mol. The zero-order chi connectivity index (χ0) is 13.8. The molecule has 2 aliphatic heterocycles. The Labute approximate surface area is 127 Å². The summed E-state index contributed by atoms with van der Waals surface area (Å²) in [5, 5.41) is 3.64. The maximum Gasteiger partial charge on any atom is 0.0366 e. The van der Waals surface area contributed by atoms with Gasteiger partial charge >= 0.3 is 0 Å². The number of benzene rings is 1. The number of nitrogens with zero attached hydrogens (tertiary/aromatic N) is 1. The Bertz CT molecular complexity index is 417. The lowest BCUT2D eigenvalue weighted by Gasteiger charge is -2.23. The molecule has 110 valence electrons. The summed E-state index contributed by atoms with van der Waals surface area (Å²) in [6.07, 6.45) is 5.44. The molecule has 1 unspecified atom stereocenters. The van der Waals surface area contributed by atoms with Crippen LogP contribution in [0, 0.1) is 0 Å². The zero-order valence-electron chi connectivity index (χ0n) is 12.5. The van der Waals surface area contributed by atoms with E-state index in [1.54, 1.807) is 0 Å². The molecular formula is C17H26N2S. The van der Waals surface area contributed by atoms with E-state index >= 15 is 0 Å². The maximum absolute atomic E-state index is 3.64. The van der Waals surface area contributed by atoms with Gasteiger partial charge in [0.25, 0.3) is 0 Å². The highest BCUT2D eigenvalue weighted by molar-refractivity contribution is 8.00. The van der Waals surface area contributed by atoms with Crippen LogP contribution in [0.2, 0.25) is 0 Å². The lowest BCUT2D eigenvalue weighted by Crippen LogP contribution is -2.32. The summed E-state index contributed by atoms with van der Waals surface area (Å²) < 4.78 is 0.468. The van der Waals surface area contributed by atoms with Crippen molar-refractivity contribution < 1.29 is 0 Å². The van der Waals surface area contributed by atoms with Crippen LogP contribution in [0.15, 0.2) is 24.3 Å². The predicted octanol–water partition coefficient (Wildman–Crippen LogP) is 3.66. The van der Waals surface area contributed by atoms with Gasteiger partial charge in [-0.05, 0) is 56.1 Å². The van der Waals surface area contributed by atoms with E-state index in [1.807, 2.05) is 0 Å². The van der Waals surface area contributed by atoms with Gasteiger partial charge in [0, 0.05) is 36.6 Å². The second-order valence-electron chi connectivity index (χ2n) is 6.37. The number of hydrogen-bond acceptors (Lipinski definition) is 3. The molecule has 0 aliphatic carbocycles. The molecule has 0 spiro atoms. The second kappa shape index (κ2) is 6.40. The molecule has 3 heteroatoms. The van der Waals surface area contributed by atoms with Crippen LogP contribution in [0.1, 0.15) is 38.2 Å². The van der Waals surface area contributed by atoms with Crippen molar-refractivity contribution in [1.82, 2.24) is 5.32 Å². The molecule has 2 heterocycles. The topological polar surface area (TPSA) is 15.3 Å². The van der Waals surface area contributed by atoms with E-state index in [4.69, 9.17) is 0 Å². The molecule has 2 aliphatic rings. The lowest BCUT2D eigenvalue weighted by molar-refractivity contribution is 0.537. The van der Waals surface area contributed by atoms with Crippen molar-refractivity contribution in [2.45, 2.75) is 43.9 Å². The normalized spacial score (nSPS) is 26.4. The van der Waals surface area contributed by atoms with E-state index in [9.17, 15) is 0 Å². The summed E-state index contributed by atoms with van der Waals surface area (Å²) in [6, 6.07) is 9.14. The van der Waals surface area contributed by atoms with Crippen molar-refractivity contribution in [1.29, 1.82) is 0 Å². The first-order chi connectivity index (χ1) is 9.75. The zero-order valence-corrected chi connectivity index (χ0v) is 13.3. The summed E-state index contributed by atoms with van der Waals surface area (Å²) in [6.45, 7) is 6.98. The molecule has 0 saturated carbocycles. The minimum atomic E-state index is 0.468. The number of thioether (sulfide) groups is 1. The minimum Gasteiger partial charge on any atom is -0.372 e. The van der Waals surface area contributed by atoms with Crippen molar-refractivity contribution in [3.05, 3.63) is 29.8 Å². The number of anilines is 1. The van der Waals surface area contributed by atoms with Crippen molar-refractivity contribution in [3.63, 3.8) is 0 Å². The van der Waals surface area contributed by atoms with Crippen LogP contribution in [0.4, 0.5) is 5.69 Å². The van der Waals surface area contributed by atoms with Crippen LogP contribution in [0.25, 0.3) is 0 Å². The van der Waals surface area contributed by atoms with Gasteiger partial charge in [0.15, 0.2) is 0 Å². The van der Waals surface area contributed by atoms with Crippen molar-refractivity contribution >= 4 is 17.4 Å². The number of nitrogens with one attached hydrogen (secondary N) is 1. The quantitative estimate of drug-likeness (QED) is 0.891. The van der Waals surface area contributed by atoms with E-state index in [0.717, 1.165) is 13.1 Å². The fraction of sp³-hybridized carbons (Fsp3) is 0.647. The Morgan fingerprint density at radius 1 is 1.15 bits per heavy atom. The molecule has 0 radical (unpaired) electrons. The fourth-order valence-corrected chi connectivity index (χ4v) is 4.52. The molecular weight excluding hydrogens is 264 g/mol. The molecule has 20 heavy (non-hydrogen) atoms. The highest BCUT2D eigenvalue weighted by Gasteiger charge is 2.28. The molecule has 1 aromatic carbocycles. The van der Waals surface area contributed by atoms with Crippen LogP contribution in [-0.2, 0) is 6.54 Å². The van der Waals surface area contributed by atoms with Gasteiger partial charge in [-0.2, -0.15) is 11.8 Å². The average Bonchev–Trinajstić information content (AvgIpc) is 3.11. The van der Waals surface area contributed by atoms with Crippen LogP contribution in [0.3, 0.4) is 0 Å². The van der Waals surface area contributed by atoms with Gasteiger partial charge in [0.2, 0.25) is 0 Å². The molecule has 2 nitrogen and oxygen atoms in total. The molecule has 3 rings (SSSR count). The van der Waals surface area contributed by atoms with Gasteiger partial charge in [0.1, 0.15) is 0 Å². The molecule has 1 N–H and O–H groups in total. The third-order valence-corrected chi connectivity index (χ3v) is 6.07. The third kappa shape index (κ3) is 3.50. The highest BCUT2D eigenvalue weighted by atomic mass is 32.2. The Balaban J connectivity index is 1.48. The van der Waals surface area contributed by atoms with Crippen molar-refractivity contribution in [2.24, 2.45) is 0 Å². The first-order valence-corrected chi connectivity index (χ1v) is 8.92.